The van der Waals surface area contributed by atoms with E-state index in [0.29, 0.717) is 30.1 Å². The second-order valence-electron chi connectivity index (χ2n) is 4.53. The average Bonchev–Trinajstić information content (AvgIpc) is 2.71. The number of rotatable bonds is 3. The topological polar surface area (TPSA) is 57.6 Å². The normalized spacial score (nSPS) is 19.3. The number of amides is 1. The first-order valence-corrected chi connectivity index (χ1v) is 6.85. The molecule has 0 aromatic heterocycles. The number of hydrogen-bond acceptors (Lipinski definition) is 2. The summed E-state index contributed by atoms with van der Waals surface area (Å²) in [5.74, 6) is -0.607. The number of anilines is 1. The van der Waals surface area contributed by atoms with E-state index in [0.717, 1.165) is 5.33 Å². The summed E-state index contributed by atoms with van der Waals surface area (Å²) in [4.78, 5) is 24.6. The van der Waals surface area contributed by atoms with Crippen molar-refractivity contribution < 1.29 is 14.7 Å². The number of carbonyl (C=O) groups is 2. The molecule has 1 fully saturated rings. The Balaban J connectivity index is 2.32. The molecule has 96 valence electrons. The van der Waals surface area contributed by atoms with Crippen molar-refractivity contribution in [2.45, 2.75) is 13.3 Å². The van der Waals surface area contributed by atoms with Gasteiger partial charge in [-0.15, -0.1) is 0 Å². The molecule has 1 atom stereocenters. The Labute approximate surface area is 114 Å². The van der Waals surface area contributed by atoms with Crippen molar-refractivity contribution in [1.29, 1.82) is 0 Å². The van der Waals surface area contributed by atoms with Crippen molar-refractivity contribution in [3.05, 3.63) is 29.3 Å². The summed E-state index contributed by atoms with van der Waals surface area (Å²) in [5, 5.41) is 9.87. The second kappa shape index (κ2) is 5.10. The quantitative estimate of drug-likeness (QED) is 0.872. The summed E-state index contributed by atoms with van der Waals surface area (Å²) < 4.78 is 0. The van der Waals surface area contributed by atoms with Crippen molar-refractivity contribution >= 4 is 33.5 Å². The average molecular weight is 312 g/mol. The summed E-state index contributed by atoms with van der Waals surface area (Å²) in [6, 6.07) is 5.12. The van der Waals surface area contributed by atoms with Gasteiger partial charge in [0.05, 0.1) is 5.56 Å². The fourth-order valence-corrected chi connectivity index (χ4v) is 2.58. The number of aromatic carboxylic acids is 1. The highest BCUT2D eigenvalue weighted by Crippen LogP contribution is 2.27. The highest BCUT2D eigenvalue weighted by Gasteiger charge is 2.30. The van der Waals surface area contributed by atoms with Gasteiger partial charge >= 0.3 is 5.97 Å². The van der Waals surface area contributed by atoms with Crippen molar-refractivity contribution in [2.75, 3.05) is 16.8 Å². The van der Waals surface area contributed by atoms with E-state index in [1.807, 2.05) is 0 Å². The van der Waals surface area contributed by atoms with Gasteiger partial charge in [0, 0.05) is 24.0 Å². The van der Waals surface area contributed by atoms with E-state index in [4.69, 9.17) is 5.11 Å². The van der Waals surface area contributed by atoms with Crippen molar-refractivity contribution in [1.82, 2.24) is 0 Å². The molecule has 1 aliphatic heterocycles. The molecule has 2 rings (SSSR count). The molecule has 0 bridgehead atoms. The maximum Gasteiger partial charge on any atom is 0.336 e. The molecule has 1 N–H and O–H groups in total. The summed E-state index contributed by atoms with van der Waals surface area (Å²) >= 11 is 3.38. The standard InChI is InChI=1S/C13H14BrNO3/c1-8-2-3-10(5-11(8)13(17)18)15-7-9(6-14)4-12(15)16/h2-3,5,9H,4,6-7H2,1H3,(H,17,18). The second-order valence-corrected chi connectivity index (χ2v) is 5.18. The van der Waals surface area contributed by atoms with Gasteiger partial charge in [-0.3, -0.25) is 4.79 Å². The highest BCUT2D eigenvalue weighted by molar-refractivity contribution is 9.09. The molecule has 1 saturated heterocycles. The molecule has 0 saturated carbocycles. The van der Waals surface area contributed by atoms with Crippen LogP contribution in [-0.4, -0.2) is 28.9 Å². The van der Waals surface area contributed by atoms with Crippen LogP contribution >= 0.6 is 15.9 Å². The Morgan fingerprint density at radius 3 is 2.83 bits per heavy atom. The van der Waals surface area contributed by atoms with Gasteiger partial charge in [-0.2, -0.15) is 0 Å². The van der Waals surface area contributed by atoms with Crippen LogP contribution in [0.1, 0.15) is 22.3 Å². The number of alkyl halides is 1. The third-order valence-corrected chi connectivity index (χ3v) is 4.10. The maximum atomic E-state index is 11.9. The molecule has 0 radical (unpaired) electrons. The van der Waals surface area contributed by atoms with E-state index in [2.05, 4.69) is 15.9 Å². The Bertz CT molecular complexity index is 501. The van der Waals surface area contributed by atoms with Crippen molar-refractivity contribution in [2.24, 2.45) is 5.92 Å². The molecule has 1 unspecified atom stereocenters. The molecule has 4 nitrogen and oxygen atoms in total. The molecule has 1 aromatic carbocycles. The molecular weight excluding hydrogens is 298 g/mol. The predicted octanol–water partition coefficient (Wildman–Crippen LogP) is 2.44. The Hall–Kier alpha value is -1.36. The first-order chi connectivity index (χ1) is 8.52. The van der Waals surface area contributed by atoms with Crippen LogP contribution < -0.4 is 4.90 Å². The van der Waals surface area contributed by atoms with Gasteiger partial charge in [-0.05, 0) is 30.5 Å². The fourth-order valence-electron chi connectivity index (χ4n) is 2.14. The van der Waals surface area contributed by atoms with Gasteiger partial charge in [0.15, 0.2) is 0 Å². The van der Waals surface area contributed by atoms with Crippen molar-refractivity contribution in [3.63, 3.8) is 0 Å². The van der Waals surface area contributed by atoms with Crippen LogP contribution in [0, 0.1) is 12.8 Å². The van der Waals surface area contributed by atoms with Gasteiger partial charge in [0.25, 0.3) is 0 Å². The number of nitrogens with zero attached hydrogens (tertiary/aromatic N) is 1. The lowest BCUT2D eigenvalue weighted by Gasteiger charge is -2.17. The third-order valence-electron chi connectivity index (χ3n) is 3.19. The van der Waals surface area contributed by atoms with E-state index in [1.165, 1.54) is 0 Å². The Morgan fingerprint density at radius 2 is 2.28 bits per heavy atom. The van der Waals surface area contributed by atoms with E-state index in [9.17, 15) is 9.59 Å². The van der Waals surface area contributed by atoms with Gasteiger partial charge in [-0.25, -0.2) is 4.79 Å². The Kier molecular flexibility index (Phi) is 3.71. The summed E-state index contributed by atoms with van der Waals surface area (Å²) in [7, 11) is 0. The minimum absolute atomic E-state index is 0.0552. The molecule has 1 aromatic rings. The van der Waals surface area contributed by atoms with Gasteiger partial charge in [-0.1, -0.05) is 22.0 Å². The lowest BCUT2D eigenvalue weighted by Crippen LogP contribution is -2.25. The predicted molar refractivity (Wildman–Crippen MR) is 72.4 cm³/mol. The summed E-state index contributed by atoms with van der Waals surface area (Å²) in [6.07, 6.45) is 0.515. The zero-order valence-electron chi connectivity index (χ0n) is 10.0. The number of benzene rings is 1. The van der Waals surface area contributed by atoms with Crippen LogP contribution in [0.15, 0.2) is 18.2 Å². The van der Waals surface area contributed by atoms with Crippen LogP contribution in [0.2, 0.25) is 0 Å². The molecule has 0 aliphatic carbocycles. The zero-order valence-corrected chi connectivity index (χ0v) is 11.6. The monoisotopic (exact) mass is 311 g/mol. The highest BCUT2D eigenvalue weighted by atomic mass is 79.9. The van der Waals surface area contributed by atoms with E-state index in [1.54, 1.807) is 30.0 Å². The van der Waals surface area contributed by atoms with Crippen LogP contribution in [0.3, 0.4) is 0 Å². The maximum absolute atomic E-state index is 11.9. The fraction of sp³-hybridized carbons (Fsp3) is 0.385. The molecular formula is C13H14BrNO3. The smallest absolute Gasteiger partial charge is 0.336 e. The third kappa shape index (κ3) is 2.41. The van der Waals surface area contributed by atoms with Gasteiger partial charge < -0.3 is 10.0 Å². The van der Waals surface area contributed by atoms with Crippen molar-refractivity contribution in [3.8, 4) is 0 Å². The lowest BCUT2D eigenvalue weighted by molar-refractivity contribution is -0.117. The number of carboxylic acid groups (broad SMARTS) is 1. The number of aryl methyl sites for hydroxylation is 1. The van der Waals surface area contributed by atoms with Crippen LogP contribution in [0.5, 0.6) is 0 Å². The summed E-state index contributed by atoms with van der Waals surface area (Å²) in [5.41, 5.74) is 1.63. The first-order valence-electron chi connectivity index (χ1n) is 5.73. The van der Waals surface area contributed by atoms with Crippen LogP contribution in [0.25, 0.3) is 0 Å². The first kappa shape index (κ1) is 13.1. The van der Waals surface area contributed by atoms with E-state index < -0.39 is 5.97 Å². The van der Waals surface area contributed by atoms with Gasteiger partial charge in [0.1, 0.15) is 0 Å². The number of carbonyl (C=O) groups excluding carboxylic acids is 1. The Morgan fingerprint density at radius 1 is 1.56 bits per heavy atom. The summed E-state index contributed by atoms with van der Waals surface area (Å²) in [6.45, 7) is 2.40. The zero-order chi connectivity index (χ0) is 13.3. The number of hydrogen-bond donors (Lipinski definition) is 1. The minimum atomic E-state index is -0.960. The van der Waals surface area contributed by atoms with E-state index >= 15 is 0 Å². The van der Waals surface area contributed by atoms with Crippen LogP contribution in [0.4, 0.5) is 5.69 Å². The van der Waals surface area contributed by atoms with Gasteiger partial charge in [0.2, 0.25) is 5.91 Å². The SMILES string of the molecule is Cc1ccc(N2CC(CBr)CC2=O)cc1C(=O)O. The minimum Gasteiger partial charge on any atom is -0.478 e. The van der Waals surface area contributed by atoms with E-state index in [-0.39, 0.29) is 11.5 Å². The molecule has 1 amide bonds. The lowest BCUT2D eigenvalue weighted by atomic mass is 10.1. The molecule has 1 aliphatic rings. The molecule has 18 heavy (non-hydrogen) atoms. The number of carboxylic acids is 1. The number of halogens is 1. The molecule has 0 spiro atoms. The largest absolute Gasteiger partial charge is 0.478 e. The molecule has 1 heterocycles. The van der Waals surface area contributed by atoms with Crippen LogP contribution in [-0.2, 0) is 4.79 Å². The molecule has 5 heteroatoms.